The van der Waals surface area contributed by atoms with Crippen LogP contribution in [0.2, 0.25) is 0 Å². The number of amides is 3. The molecule has 1 unspecified atom stereocenters. The predicted molar refractivity (Wildman–Crippen MR) is 82.9 cm³/mol. The first-order valence-corrected chi connectivity index (χ1v) is 7.19. The van der Waals surface area contributed by atoms with E-state index in [2.05, 4.69) is 5.32 Å². The molecule has 1 aliphatic heterocycles. The van der Waals surface area contributed by atoms with Crippen LogP contribution in [0.15, 0.2) is 0 Å². The van der Waals surface area contributed by atoms with Gasteiger partial charge >= 0.3 is 0 Å². The molecule has 1 fully saturated rings. The smallest absolute Gasteiger partial charge is 0.252 e. The number of imide groups is 1. The largest absolute Gasteiger partial charge is 0.343 e. The van der Waals surface area contributed by atoms with E-state index in [0.29, 0.717) is 12.8 Å². The molecule has 0 saturated carbocycles. The molecule has 0 aromatic rings. The van der Waals surface area contributed by atoms with Gasteiger partial charge in [0.05, 0.1) is 11.8 Å². The minimum Gasteiger partial charge on any atom is -0.343 e. The Bertz CT molecular complexity index is 400. The molecular weight excluding hydrogens is 294 g/mol. The first-order valence-electron chi connectivity index (χ1n) is 7.19. The van der Waals surface area contributed by atoms with Gasteiger partial charge in [0.1, 0.15) is 6.04 Å². The minimum atomic E-state index is -0.749. The maximum absolute atomic E-state index is 12.4. The number of likely N-dealkylation sites (tertiary alicyclic amines) is 1. The van der Waals surface area contributed by atoms with Crippen LogP contribution in [-0.2, 0) is 14.4 Å². The number of hydrogen-bond acceptors (Lipinski definition) is 4. The Kier molecular flexibility index (Phi) is 7.33. The molecule has 0 aromatic carbocycles. The number of nitrogens with zero attached hydrogens (tertiary/aromatic N) is 1. The maximum atomic E-state index is 12.4. The zero-order valence-electron chi connectivity index (χ0n) is 13.1. The molecular formula is C14H26ClN3O3. The van der Waals surface area contributed by atoms with Gasteiger partial charge in [-0.2, -0.15) is 0 Å². The van der Waals surface area contributed by atoms with Gasteiger partial charge in [0, 0.05) is 12.6 Å². The fraction of sp³-hybridized carbons (Fsp3) is 0.786. The number of halogens is 1. The number of carbonyl (C=O) groups is 3. The van der Waals surface area contributed by atoms with E-state index in [4.69, 9.17) is 5.73 Å². The molecule has 0 spiro atoms. The molecule has 7 heteroatoms. The lowest BCUT2D eigenvalue weighted by Gasteiger charge is -2.29. The van der Waals surface area contributed by atoms with E-state index in [1.807, 2.05) is 13.8 Å². The van der Waals surface area contributed by atoms with Crippen molar-refractivity contribution in [3.05, 3.63) is 0 Å². The van der Waals surface area contributed by atoms with Crippen LogP contribution in [0.4, 0.5) is 0 Å². The number of nitrogens with two attached hydrogens (primary N) is 1. The second-order valence-electron chi connectivity index (χ2n) is 5.62. The second kappa shape index (κ2) is 7.75. The van der Waals surface area contributed by atoms with Crippen molar-refractivity contribution in [2.45, 2.75) is 59.0 Å². The topological polar surface area (TPSA) is 92.5 Å². The summed E-state index contributed by atoms with van der Waals surface area (Å²) in [4.78, 5) is 37.5. The average Bonchev–Trinajstić information content (AvgIpc) is 2.67. The van der Waals surface area contributed by atoms with Gasteiger partial charge in [-0.05, 0) is 26.7 Å². The van der Waals surface area contributed by atoms with Crippen molar-refractivity contribution in [3.63, 3.8) is 0 Å². The Morgan fingerprint density at radius 3 is 2.24 bits per heavy atom. The summed E-state index contributed by atoms with van der Waals surface area (Å²) in [6.07, 6.45) is 1.25. The third-order valence-electron chi connectivity index (χ3n) is 4.23. The third-order valence-corrected chi connectivity index (χ3v) is 4.23. The Morgan fingerprint density at radius 2 is 1.90 bits per heavy atom. The van der Waals surface area contributed by atoms with Crippen LogP contribution in [0.5, 0.6) is 0 Å². The van der Waals surface area contributed by atoms with Gasteiger partial charge in [0.15, 0.2) is 0 Å². The van der Waals surface area contributed by atoms with Crippen LogP contribution < -0.4 is 11.1 Å². The minimum absolute atomic E-state index is 0. The molecule has 3 amide bonds. The predicted octanol–water partition coefficient (Wildman–Crippen LogP) is 0.825. The van der Waals surface area contributed by atoms with Crippen molar-refractivity contribution in [2.24, 2.45) is 11.1 Å². The number of carbonyl (C=O) groups excluding carboxylic acids is 3. The zero-order valence-corrected chi connectivity index (χ0v) is 14.0. The highest BCUT2D eigenvalue weighted by Crippen LogP contribution is 2.26. The van der Waals surface area contributed by atoms with Gasteiger partial charge in [0.25, 0.3) is 5.91 Å². The standard InChI is InChI=1S/C14H25N3O3.ClH/c1-5-14(6-2,8-15)13(20)16-10-7-11(18)17(9(3)4)12(10)19;/h9-10H,5-8,15H2,1-4H3,(H,16,20);1H. The van der Waals surface area contributed by atoms with E-state index in [-0.39, 0.29) is 49.1 Å². The Balaban J connectivity index is 0.00000400. The van der Waals surface area contributed by atoms with Crippen LogP contribution in [0.1, 0.15) is 47.0 Å². The van der Waals surface area contributed by atoms with Crippen LogP contribution >= 0.6 is 12.4 Å². The number of rotatable bonds is 6. The first-order chi connectivity index (χ1) is 9.32. The van der Waals surface area contributed by atoms with Gasteiger partial charge in [-0.25, -0.2) is 0 Å². The fourth-order valence-electron chi connectivity index (χ4n) is 2.57. The lowest BCUT2D eigenvalue weighted by atomic mass is 9.81. The fourth-order valence-corrected chi connectivity index (χ4v) is 2.57. The Hall–Kier alpha value is -1.14. The lowest BCUT2D eigenvalue weighted by Crippen LogP contribution is -2.51. The molecule has 1 aliphatic rings. The summed E-state index contributed by atoms with van der Waals surface area (Å²) < 4.78 is 0. The van der Waals surface area contributed by atoms with Crippen molar-refractivity contribution >= 4 is 30.1 Å². The summed E-state index contributed by atoms with van der Waals surface area (Å²) in [6, 6.07) is -0.935. The molecule has 0 aromatic heterocycles. The zero-order chi connectivity index (χ0) is 15.5. The van der Waals surface area contributed by atoms with Gasteiger partial charge in [0.2, 0.25) is 11.8 Å². The van der Waals surface area contributed by atoms with E-state index in [1.54, 1.807) is 13.8 Å². The van der Waals surface area contributed by atoms with E-state index in [1.165, 1.54) is 4.90 Å². The summed E-state index contributed by atoms with van der Waals surface area (Å²) in [6.45, 7) is 7.59. The van der Waals surface area contributed by atoms with Crippen molar-refractivity contribution in [1.29, 1.82) is 0 Å². The summed E-state index contributed by atoms with van der Waals surface area (Å²) in [7, 11) is 0. The number of nitrogens with one attached hydrogen (secondary N) is 1. The van der Waals surface area contributed by atoms with Crippen LogP contribution in [0, 0.1) is 5.41 Å². The maximum Gasteiger partial charge on any atom is 0.252 e. The van der Waals surface area contributed by atoms with Gasteiger partial charge < -0.3 is 11.1 Å². The molecule has 3 N–H and O–H groups in total. The monoisotopic (exact) mass is 319 g/mol. The van der Waals surface area contributed by atoms with Crippen LogP contribution in [-0.4, -0.2) is 41.2 Å². The summed E-state index contributed by atoms with van der Waals surface area (Å²) in [5, 5.41) is 2.71. The van der Waals surface area contributed by atoms with Crippen molar-refractivity contribution in [3.8, 4) is 0 Å². The highest BCUT2D eigenvalue weighted by Gasteiger charge is 2.43. The van der Waals surface area contributed by atoms with E-state index >= 15 is 0 Å². The van der Waals surface area contributed by atoms with E-state index < -0.39 is 11.5 Å². The second-order valence-corrected chi connectivity index (χ2v) is 5.62. The molecule has 21 heavy (non-hydrogen) atoms. The molecule has 122 valence electrons. The van der Waals surface area contributed by atoms with Gasteiger partial charge in [-0.1, -0.05) is 13.8 Å². The molecule has 6 nitrogen and oxygen atoms in total. The highest BCUT2D eigenvalue weighted by molar-refractivity contribution is 6.07. The molecule has 0 radical (unpaired) electrons. The molecule has 0 bridgehead atoms. The third kappa shape index (κ3) is 3.74. The molecule has 1 heterocycles. The first kappa shape index (κ1) is 19.9. The summed E-state index contributed by atoms with van der Waals surface area (Å²) in [5.74, 6) is -0.792. The van der Waals surface area contributed by atoms with Crippen molar-refractivity contribution in [1.82, 2.24) is 10.2 Å². The molecule has 1 atom stereocenters. The highest BCUT2D eigenvalue weighted by atomic mass is 35.5. The normalized spacial score (nSPS) is 19.0. The lowest BCUT2D eigenvalue weighted by molar-refractivity contribution is -0.142. The Morgan fingerprint density at radius 1 is 1.38 bits per heavy atom. The summed E-state index contributed by atoms with van der Waals surface area (Å²) in [5.41, 5.74) is 5.06. The van der Waals surface area contributed by atoms with Crippen molar-refractivity contribution in [2.75, 3.05) is 6.54 Å². The Labute approximate surface area is 132 Å². The van der Waals surface area contributed by atoms with Gasteiger partial charge in [-0.15, -0.1) is 12.4 Å². The van der Waals surface area contributed by atoms with E-state index in [0.717, 1.165) is 0 Å². The molecule has 1 rings (SSSR count). The average molecular weight is 320 g/mol. The summed E-state index contributed by atoms with van der Waals surface area (Å²) >= 11 is 0. The number of hydrogen-bond donors (Lipinski definition) is 2. The molecule has 1 saturated heterocycles. The van der Waals surface area contributed by atoms with Gasteiger partial charge in [-0.3, -0.25) is 19.3 Å². The molecule has 0 aliphatic carbocycles. The SMILES string of the molecule is CCC(CC)(CN)C(=O)NC1CC(=O)N(C(C)C)C1=O.Cl. The van der Waals surface area contributed by atoms with Crippen LogP contribution in [0.25, 0.3) is 0 Å². The quantitative estimate of drug-likeness (QED) is 0.709. The van der Waals surface area contributed by atoms with E-state index in [9.17, 15) is 14.4 Å². The van der Waals surface area contributed by atoms with Crippen molar-refractivity contribution < 1.29 is 14.4 Å². The van der Waals surface area contributed by atoms with Crippen LogP contribution in [0.3, 0.4) is 0 Å².